The van der Waals surface area contributed by atoms with Crippen LogP contribution in [0.3, 0.4) is 0 Å². The van der Waals surface area contributed by atoms with Gasteiger partial charge in [0.25, 0.3) is 0 Å². The molecule has 0 aromatic heterocycles. The van der Waals surface area contributed by atoms with E-state index < -0.39 is 11.8 Å². The van der Waals surface area contributed by atoms with Crippen molar-refractivity contribution in [2.24, 2.45) is 4.99 Å². The molecule has 0 bridgehead atoms. The number of nitrogens with zero attached hydrogens (tertiary/aromatic N) is 1. The monoisotopic (exact) mass is 451 g/mol. The molecule has 0 atom stereocenters. The van der Waals surface area contributed by atoms with Crippen molar-refractivity contribution in [2.45, 2.75) is 6.61 Å². The maximum atomic E-state index is 13.9. The average molecular weight is 452 g/mol. The third kappa shape index (κ3) is 4.60. The fourth-order valence-electron chi connectivity index (χ4n) is 2.76. The van der Waals surface area contributed by atoms with Crippen LogP contribution >= 0.6 is 15.9 Å². The lowest BCUT2D eigenvalue weighted by atomic mass is 10.2. The van der Waals surface area contributed by atoms with Gasteiger partial charge in [0.1, 0.15) is 18.2 Å². The molecule has 0 amide bonds. The molecule has 3 aromatic rings. The highest BCUT2D eigenvalue weighted by Crippen LogP contribution is 2.23. The molecule has 0 radical (unpaired) electrons. The van der Waals surface area contributed by atoms with Gasteiger partial charge in [-0.15, -0.1) is 0 Å². The molecule has 0 spiro atoms. The van der Waals surface area contributed by atoms with Gasteiger partial charge in [0, 0.05) is 4.47 Å². The molecule has 4 nitrogen and oxygen atoms in total. The number of carbonyl (C=O) groups excluding carboxylic acids is 1. The summed E-state index contributed by atoms with van der Waals surface area (Å²) in [6.07, 6.45) is 1.59. The first-order valence-corrected chi connectivity index (χ1v) is 9.62. The minimum absolute atomic E-state index is 0.0398. The van der Waals surface area contributed by atoms with E-state index in [2.05, 4.69) is 20.9 Å². The van der Waals surface area contributed by atoms with Crippen LogP contribution < -0.4 is 4.74 Å². The molecule has 0 saturated carbocycles. The molecule has 144 valence electrons. The van der Waals surface area contributed by atoms with Crippen LogP contribution in [0.2, 0.25) is 0 Å². The van der Waals surface area contributed by atoms with Gasteiger partial charge in [0.05, 0.1) is 5.56 Å². The smallest absolute Gasteiger partial charge is 0.363 e. The predicted molar refractivity (Wildman–Crippen MR) is 112 cm³/mol. The fraction of sp³-hybridized carbons (Fsp3) is 0.0435. The van der Waals surface area contributed by atoms with E-state index in [4.69, 9.17) is 9.47 Å². The molecular weight excluding hydrogens is 437 g/mol. The van der Waals surface area contributed by atoms with Gasteiger partial charge in [0.2, 0.25) is 5.90 Å². The summed E-state index contributed by atoms with van der Waals surface area (Å²) in [5, 5.41) is 0. The minimum atomic E-state index is -0.621. The summed E-state index contributed by atoms with van der Waals surface area (Å²) in [6.45, 7) is 0.422. The van der Waals surface area contributed by atoms with E-state index in [9.17, 15) is 9.18 Å². The van der Waals surface area contributed by atoms with Crippen molar-refractivity contribution in [3.8, 4) is 5.75 Å². The van der Waals surface area contributed by atoms with Crippen LogP contribution in [0.4, 0.5) is 4.39 Å². The predicted octanol–water partition coefficient (Wildman–Crippen LogP) is 5.51. The summed E-state index contributed by atoms with van der Waals surface area (Å²) < 4.78 is 25.9. The summed E-state index contributed by atoms with van der Waals surface area (Å²) in [7, 11) is 0. The van der Waals surface area contributed by atoms with Gasteiger partial charge in [-0.05, 0) is 53.6 Å². The van der Waals surface area contributed by atoms with Crippen LogP contribution in [0, 0.1) is 5.82 Å². The standard InChI is InChI=1S/C23H15BrFNO3/c24-17-10-8-15(9-11-17)14-28-18-5-3-4-16(12-18)13-21-23(27)29-22(26-21)19-6-1-2-7-20(19)25/h1-13H,14H2/b21-13+. The number of hydrogen-bond donors (Lipinski definition) is 0. The van der Waals surface area contributed by atoms with E-state index in [0.717, 1.165) is 15.6 Å². The number of halogens is 2. The molecule has 4 rings (SSSR count). The van der Waals surface area contributed by atoms with Gasteiger partial charge in [-0.1, -0.05) is 52.3 Å². The van der Waals surface area contributed by atoms with Crippen molar-refractivity contribution in [1.29, 1.82) is 0 Å². The van der Waals surface area contributed by atoms with Crippen LogP contribution in [-0.2, 0) is 16.1 Å². The zero-order valence-electron chi connectivity index (χ0n) is 15.1. The molecule has 1 heterocycles. The van der Waals surface area contributed by atoms with E-state index >= 15 is 0 Å². The molecule has 1 aliphatic rings. The van der Waals surface area contributed by atoms with Gasteiger partial charge >= 0.3 is 5.97 Å². The molecule has 29 heavy (non-hydrogen) atoms. The first-order valence-electron chi connectivity index (χ1n) is 8.83. The number of aliphatic imine (C=N–C) groups is 1. The largest absolute Gasteiger partial charge is 0.489 e. The van der Waals surface area contributed by atoms with Crippen molar-refractivity contribution in [3.05, 3.63) is 105 Å². The Labute approximate surface area is 175 Å². The van der Waals surface area contributed by atoms with Crippen LogP contribution in [0.5, 0.6) is 5.75 Å². The van der Waals surface area contributed by atoms with Crippen molar-refractivity contribution in [2.75, 3.05) is 0 Å². The molecule has 0 N–H and O–H groups in total. The molecule has 3 aromatic carbocycles. The zero-order chi connectivity index (χ0) is 20.2. The highest BCUT2D eigenvalue weighted by atomic mass is 79.9. The average Bonchev–Trinajstić information content (AvgIpc) is 3.08. The van der Waals surface area contributed by atoms with Crippen molar-refractivity contribution >= 4 is 33.9 Å². The Bertz CT molecular complexity index is 1120. The Balaban J connectivity index is 1.52. The Morgan fingerprint density at radius 3 is 2.62 bits per heavy atom. The van der Waals surface area contributed by atoms with Crippen LogP contribution in [0.25, 0.3) is 6.08 Å². The topological polar surface area (TPSA) is 47.9 Å². The maximum Gasteiger partial charge on any atom is 0.363 e. The highest BCUT2D eigenvalue weighted by Gasteiger charge is 2.25. The van der Waals surface area contributed by atoms with Gasteiger partial charge in [-0.25, -0.2) is 14.2 Å². The van der Waals surface area contributed by atoms with Crippen molar-refractivity contribution in [3.63, 3.8) is 0 Å². The second-order valence-corrected chi connectivity index (χ2v) is 7.22. The maximum absolute atomic E-state index is 13.9. The molecule has 0 aliphatic carbocycles. The quantitative estimate of drug-likeness (QED) is 0.379. The van der Waals surface area contributed by atoms with Gasteiger partial charge < -0.3 is 9.47 Å². The van der Waals surface area contributed by atoms with Gasteiger partial charge in [-0.2, -0.15) is 0 Å². The summed E-state index contributed by atoms with van der Waals surface area (Å²) >= 11 is 3.40. The van der Waals surface area contributed by atoms with Crippen LogP contribution in [0.15, 0.2) is 88.0 Å². The zero-order valence-corrected chi connectivity index (χ0v) is 16.7. The second kappa shape index (κ2) is 8.41. The van der Waals surface area contributed by atoms with Gasteiger partial charge in [-0.3, -0.25) is 0 Å². The third-order valence-corrected chi connectivity index (χ3v) is 4.73. The molecular formula is C23H15BrFNO3. The van der Waals surface area contributed by atoms with E-state index in [1.54, 1.807) is 24.3 Å². The lowest BCUT2D eigenvalue weighted by molar-refractivity contribution is -0.129. The Morgan fingerprint density at radius 1 is 1.03 bits per heavy atom. The second-order valence-electron chi connectivity index (χ2n) is 6.30. The Kier molecular flexibility index (Phi) is 5.53. The molecule has 0 saturated heterocycles. The first kappa shape index (κ1) is 19.1. The third-order valence-electron chi connectivity index (χ3n) is 4.21. The van der Waals surface area contributed by atoms with E-state index in [0.29, 0.717) is 12.4 Å². The summed E-state index contributed by atoms with van der Waals surface area (Å²) in [5.41, 5.74) is 2.02. The molecule has 0 fully saturated rings. The number of rotatable bonds is 5. The number of esters is 1. The number of carbonyl (C=O) groups is 1. The Morgan fingerprint density at radius 2 is 1.83 bits per heavy atom. The van der Waals surface area contributed by atoms with Gasteiger partial charge in [0.15, 0.2) is 5.70 Å². The number of benzene rings is 3. The van der Waals surface area contributed by atoms with Crippen LogP contribution in [-0.4, -0.2) is 11.9 Å². The number of ether oxygens (including phenoxy) is 2. The normalized spacial score (nSPS) is 14.6. The summed E-state index contributed by atoms with van der Waals surface area (Å²) in [4.78, 5) is 16.3. The molecule has 0 unspecified atom stereocenters. The Hall–Kier alpha value is -3.25. The highest BCUT2D eigenvalue weighted by molar-refractivity contribution is 9.10. The van der Waals surface area contributed by atoms with Crippen molar-refractivity contribution in [1.82, 2.24) is 0 Å². The molecule has 6 heteroatoms. The molecule has 1 aliphatic heterocycles. The fourth-order valence-corrected chi connectivity index (χ4v) is 3.02. The summed E-state index contributed by atoms with van der Waals surface area (Å²) in [5.74, 6) is -0.498. The van der Waals surface area contributed by atoms with Crippen LogP contribution in [0.1, 0.15) is 16.7 Å². The van der Waals surface area contributed by atoms with E-state index in [-0.39, 0.29) is 17.2 Å². The SMILES string of the molecule is O=C1OC(c2ccccc2F)=N/C1=C/c1cccc(OCc2ccc(Br)cc2)c1. The lowest BCUT2D eigenvalue weighted by Crippen LogP contribution is -2.07. The number of hydrogen-bond acceptors (Lipinski definition) is 4. The van der Waals surface area contributed by atoms with E-state index in [1.807, 2.05) is 42.5 Å². The van der Waals surface area contributed by atoms with E-state index in [1.165, 1.54) is 12.1 Å². The number of cyclic esters (lactones) is 1. The minimum Gasteiger partial charge on any atom is -0.489 e. The first-order chi connectivity index (χ1) is 14.1. The van der Waals surface area contributed by atoms with Crippen molar-refractivity contribution < 1.29 is 18.7 Å². The lowest BCUT2D eigenvalue weighted by Gasteiger charge is -2.07. The summed E-state index contributed by atoms with van der Waals surface area (Å²) in [6, 6.07) is 21.2.